The van der Waals surface area contributed by atoms with Crippen molar-refractivity contribution in [3.8, 4) is 0 Å². The van der Waals surface area contributed by atoms with Crippen molar-refractivity contribution in [1.29, 1.82) is 0 Å². The number of nitrogens with two attached hydrogens (primary N) is 1. The van der Waals surface area contributed by atoms with Crippen molar-refractivity contribution in [3.63, 3.8) is 0 Å². The zero-order chi connectivity index (χ0) is 30.8. The molecule has 0 aliphatic heterocycles. The average molecular weight is 604 g/mol. The molecule has 0 rings (SSSR count). The average Bonchev–Trinajstić information content (AvgIpc) is 2.94. The van der Waals surface area contributed by atoms with Crippen molar-refractivity contribution in [1.82, 2.24) is 0 Å². The minimum absolute atomic E-state index is 0.114. The molecule has 0 saturated heterocycles. The highest BCUT2D eigenvalue weighted by atomic mass is 32.2. The van der Waals surface area contributed by atoms with Gasteiger partial charge < -0.3 is 20.3 Å². The Balaban J connectivity index is 0. The number of carbonyl (C=O) groups is 3. The van der Waals surface area contributed by atoms with Crippen LogP contribution < -0.4 is 5.73 Å². The van der Waals surface area contributed by atoms with E-state index in [1.165, 1.54) is 110 Å². The zero-order valence-corrected chi connectivity index (χ0v) is 27.8. The van der Waals surface area contributed by atoms with E-state index in [1.807, 2.05) is 0 Å². The van der Waals surface area contributed by atoms with E-state index in [4.69, 9.17) is 14.6 Å². The lowest BCUT2D eigenvalue weighted by atomic mass is 10.1. The number of rotatable bonds is 29. The number of unbranched alkanes of at least 4 members (excludes halogenated alkanes) is 18. The van der Waals surface area contributed by atoms with Crippen molar-refractivity contribution in [2.45, 2.75) is 168 Å². The van der Waals surface area contributed by atoms with Crippen LogP contribution in [0, 0.1) is 0 Å². The first-order valence-electron chi connectivity index (χ1n) is 16.7. The van der Waals surface area contributed by atoms with Gasteiger partial charge in [-0.15, -0.1) is 0 Å². The van der Waals surface area contributed by atoms with Crippen molar-refractivity contribution in [2.24, 2.45) is 5.73 Å². The molecule has 244 valence electrons. The summed E-state index contributed by atoms with van der Waals surface area (Å²) in [7, 11) is 0. The number of carbonyl (C=O) groups excluding carboxylic acids is 3. The van der Waals surface area contributed by atoms with Crippen molar-refractivity contribution in [3.05, 3.63) is 0 Å². The molecule has 41 heavy (non-hydrogen) atoms. The molecule has 0 aromatic rings. The van der Waals surface area contributed by atoms with E-state index in [9.17, 15) is 14.4 Å². The molecule has 0 bridgehead atoms. The van der Waals surface area contributed by atoms with Crippen LogP contribution in [0.15, 0.2) is 0 Å². The summed E-state index contributed by atoms with van der Waals surface area (Å²) in [6.07, 6.45) is 25.5. The lowest BCUT2D eigenvalue weighted by Gasteiger charge is -2.06. The van der Waals surface area contributed by atoms with E-state index in [-0.39, 0.29) is 11.9 Å². The Hall–Kier alpha value is -1.28. The van der Waals surface area contributed by atoms with Gasteiger partial charge in [0, 0.05) is 11.5 Å². The van der Waals surface area contributed by atoms with Gasteiger partial charge in [-0.2, -0.15) is 11.8 Å². The maximum Gasteiger partial charge on any atom is 0.306 e. The van der Waals surface area contributed by atoms with Gasteiger partial charge in [0.1, 0.15) is 6.10 Å². The number of aliphatic hydroxyl groups is 1. The van der Waals surface area contributed by atoms with Crippen LogP contribution in [0.3, 0.4) is 0 Å². The second-order valence-corrected chi connectivity index (χ2v) is 12.2. The molecule has 3 N–H and O–H groups in total. The molecule has 1 atom stereocenters. The van der Waals surface area contributed by atoms with Crippen LogP contribution in [0.1, 0.15) is 162 Å². The number of hydrogen-bond acceptors (Lipinski definition) is 7. The number of hydrogen-bond donors (Lipinski definition) is 2. The molecule has 0 aliphatic rings. The summed E-state index contributed by atoms with van der Waals surface area (Å²) in [6.45, 7) is 6.93. The summed E-state index contributed by atoms with van der Waals surface area (Å²) in [5.41, 5.74) is 4.55. The molecule has 0 aliphatic carbocycles. The summed E-state index contributed by atoms with van der Waals surface area (Å²) in [6, 6.07) is 0. The fraction of sp³-hybridized carbons (Fsp3) is 0.909. The number of aliphatic hydroxyl groups excluding tert-OH is 1. The molecule has 1 unspecified atom stereocenters. The first-order chi connectivity index (χ1) is 19.8. The van der Waals surface area contributed by atoms with E-state index in [0.29, 0.717) is 37.6 Å². The summed E-state index contributed by atoms with van der Waals surface area (Å²) >= 11 is 1.63. The Kier molecular flexibility index (Phi) is 35.6. The van der Waals surface area contributed by atoms with E-state index in [1.54, 1.807) is 11.8 Å². The number of ether oxygens (including phenoxy) is 2. The van der Waals surface area contributed by atoms with Crippen LogP contribution in [0.25, 0.3) is 0 Å². The Bertz CT molecular complexity index is 548. The van der Waals surface area contributed by atoms with Gasteiger partial charge in [-0.1, -0.05) is 129 Å². The Morgan fingerprint density at radius 3 is 1.12 bits per heavy atom. The third-order valence-electron chi connectivity index (χ3n) is 6.83. The molecule has 0 radical (unpaired) electrons. The smallest absolute Gasteiger partial charge is 0.306 e. The quantitative estimate of drug-likeness (QED) is 0.0653. The molecule has 0 heterocycles. The summed E-state index contributed by atoms with van der Waals surface area (Å²) in [5.74, 6) is 0.509. The van der Waals surface area contributed by atoms with Gasteiger partial charge in [-0.25, -0.2) is 0 Å². The largest absolute Gasteiger partial charge is 0.466 e. The van der Waals surface area contributed by atoms with Crippen LogP contribution >= 0.6 is 11.8 Å². The minimum Gasteiger partial charge on any atom is -0.466 e. The Labute approximate surface area is 256 Å². The molecule has 7 nitrogen and oxygen atoms in total. The first-order valence-corrected chi connectivity index (χ1v) is 17.9. The molecule has 0 aromatic carbocycles. The van der Waals surface area contributed by atoms with E-state index >= 15 is 0 Å². The van der Waals surface area contributed by atoms with Crippen LogP contribution in [-0.2, 0) is 23.9 Å². The molecule has 0 aromatic heterocycles. The van der Waals surface area contributed by atoms with Gasteiger partial charge in [0.25, 0.3) is 0 Å². The van der Waals surface area contributed by atoms with Crippen LogP contribution in [0.2, 0.25) is 0 Å². The van der Waals surface area contributed by atoms with Gasteiger partial charge in [0.2, 0.25) is 5.91 Å². The molecular formula is C33H65NO6S. The van der Waals surface area contributed by atoms with Crippen LogP contribution in [0.5, 0.6) is 0 Å². The first kappa shape index (κ1) is 41.9. The van der Waals surface area contributed by atoms with Crippen LogP contribution in [-0.4, -0.2) is 53.8 Å². The molecule has 8 heteroatoms. The highest BCUT2D eigenvalue weighted by molar-refractivity contribution is 7.99. The fourth-order valence-corrected chi connectivity index (χ4v) is 4.93. The predicted molar refractivity (Wildman–Crippen MR) is 173 cm³/mol. The Morgan fingerprint density at radius 2 is 0.854 bits per heavy atom. The van der Waals surface area contributed by atoms with Crippen molar-refractivity contribution >= 4 is 29.6 Å². The summed E-state index contributed by atoms with van der Waals surface area (Å²) in [5, 5.41) is 8.16. The van der Waals surface area contributed by atoms with Crippen molar-refractivity contribution < 1.29 is 29.0 Å². The molecule has 0 spiro atoms. The molecular weight excluding hydrogens is 538 g/mol. The summed E-state index contributed by atoms with van der Waals surface area (Å²) < 4.78 is 10.6. The third-order valence-corrected chi connectivity index (χ3v) is 7.82. The minimum atomic E-state index is -1.01. The van der Waals surface area contributed by atoms with Gasteiger partial charge >= 0.3 is 11.9 Å². The second-order valence-electron chi connectivity index (χ2n) is 11.0. The van der Waals surface area contributed by atoms with Gasteiger partial charge in [-0.3, -0.25) is 14.4 Å². The third kappa shape index (κ3) is 38.7. The molecule has 0 fully saturated rings. The highest BCUT2D eigenvalue weighted by Crippen LogP contribution is 2.12. The normalized spacial score (nSPS) is 11.4. The van der Waals surface area contributed by atoms with Crippen LogP contribution in [0.4, 0.5) is 0 Å². The molecule has 1 amide bonds. The SMILES string of the molecule is CC(O)C(N)=O.CCCCCCCCCCCCOC(=O)CCSCCC(=O)OCCCCCCCCCCCC. The van der Waals surface area contributed by atoms with Gasteiger partial charge in [0.15, 0.2) is 0 Å². The number of thioether (sulfide) groups is 1. The maximum absolute atomic E-state index is 11.8. The highest BCUT2D eigenvalue weighted by Gasteiger charge is 2.06. The monoisotopic (exact) mass is 603 g/mol. The van der Waals surface area contributed by atoms with E-state index < -0.39 is 12.0 Å². The Morgan fingerprint density at radius 1 is 0.585 bits per heavy atom. The zero-order valence-electron chi connectivity index (χ0n) is 26.9. The van der Waals surface area contributed by atoms with Crippen molar-refractivity contribution in [2.75, 3.05) is 24.7 Å². The second kappa shape index (κ2) is 34.9. The van der Waals surface area contributed by atoms with Gasteiger partial charge in [0.05, 0.1) is 26.1 Å². The summed E-state index contributed by atoms with van der Waals surface area (Å²) in [4.78, 5) is 33.3. The lowest BCUT2D eigenvalue weighted by Crippen LogP contribution is -2.24. The fourth-order valence-electron chi connectivity index (χ4n) is 4.11. The van der Waals surface area contributed by atoms with E-state index in [0.717, 1.165) is 25.7 Å². The van der Waals surface area contributed by atoms with E-state index in [2.05, 4.69) is 19.6 Å². The topological polar surface area (TPSA) is 116 Å². The number of primary amides is 1. The predicted octanol–water partition coefficient (Wildman–Crippen LogP) is 8.28. The number of amides is 1. The lowest BCUT2D eigenvalue weighted by molar-refractivity contribution is -0.144. The standard InChI is InChI=1S/C30H58O4S.C3H7NO2/c1-3-5-7-9-11-13-15-17-19-21-25-33-29(31)23-27-35-28-24-30(32)34-26-22-20-18-16-14-12-10-8-6-4-2;1-2(5)3(4)6/h3-28H2,1-2H3;2,5H,1H3,(H2,4,6). The maximum atomic E-state index is 11.8. The van der Waals surface area contributed by atoms with Gasteiger partial charge in [-0.05, 0) is 19.8 Å². The molecule has 0 saturated carbocycles. The number of esters is 2.